The van der Waals surface area contributed by atoms with E-state index in [-0.39, 0.29) is 11.9 Å². The molecular formula is C21H28N2O3S. The van der Waals surface area contributed by atoms with Crippen molar-refractivity contribution in [3.05, 3.63) is 65.2 Å². The number of hydrogen-bond donors (Lipinski definition) is 1. The smallest absolute Gasteiger partial charge is 0.244 e. The minimum absolute atomic E-state index is 0.169. The van der Waals surface area contributed by atoms with E-state index in [0.717, 1.165) is 27.3 Å². The molecule has 0 saturated carbocycles. The van der Waals surface area contributed by atoms with Crippen LogP contribution >= 0.6 is 0 Å². The molecule has 2 aromatic carbocycles. The summed E-state index contributed by atoms with van der Waals surface area (Å²) in [5.74, 6) is -0.323. The molecule has 0 aliphatic heterocycles. The lowest BCUT2D eigenvalue weighted by Gasteiger charge is -2.30. The molecule has 1 amide bonds. The van der Waals surface area contributed by atoms with Gasteiger partial charge in [-0.05, 0) is 50.5 Å². The first kappa shape index (κ1) is 21.0. The largest absolute Gasteiger partial charge is 0.347 e. The first-order valence-electron chi connectivity index (χ1n) is 9.07. The quantitative estimate of drug-likeness (QED) is 0.786. The van der Waals surface area contributed by atoms with Crippen molar-refractivity contribution in [1.29, 1.82) is 0 Å². The number of rotatable bonds is 7. The number of nitrogens with one attached hydrogen (secondary N) is 1. The molecular weight excluding hydrogens is 360 g/mol. The van der Waals surface area contributed by atoms with Crippen LogP contribution in [0.15, 0.2) is 48.5 Å². The maximum absolute atomic E-state index is 12.9. The SMILES string of the molecule is CC[C@H](NC(=O)[C@H](C)N(c1ccccc1)S(C)(=O)=O)c1ccc(C)cc1C. The molecule has 0 saturated heterocycles. The van der Waals surface area contributed by atoms with Crippen molar-refractivity contribution in [1.82, 2.24) is 5.32 Å². The van der Waals surface area contributed by atoms with Crippen molar-refractivity contribution in [3.8, 4) is 0 Å². The van der Waals surface area contributed by atoms with Crippen LogP contribution in [-0.2, 0) is 14.8 Å². The molecule has 0 aromatic heterocycles. The summed E-state index contributed by atoms with van der Waals surface area (Å²) < 4.78 is 25.8. The molecule has 2 atom stereocenters. The molecule has 0 aliphatic rings. The summed E-state index contributed by atoms with van der Waals surface area (Å²) in [5.41, 5.74) is 3.80. The number of carbonyl (C=O) groups excluding carboxylic acids is 1. The monoisotopic (exact) mass is 388 g/mol. The van der Waals surface area contributed by atoms with Crippen LogP contribution < -0.4 is 9.62 Å². The molecule has 2 aromatic rings. The van der Waals surface area contributed by atoms with Gasteiger partial charge in [0, 0.05) is 0 Å². The standard InChI is InChI=1S/C21H28N2O3S/c1-6-20(19-13-12-15(2)14-16(19)3)22-21(24)17(4)23(27(5,25)26)18-10-8-7-9-11-18/h7-14,17,20H,6H2,1-5H3,(H,22,24)/t17-,20-/m0/s1. The Bertz CT molecular complexity index is 895. The van der Waals surface area contributed by atoms with Gasteiger partial charge in [-0.2, -0.15) is 0 Å². The van der Waals surface area contributed by atoms with Gasteiger partial charge < -0.3 is 5.32 Å². The number of nitrogens with zero attached hydrogens (tertiary/aromatic N) is 1. The third-order valence-corrected chi connectivity index (χ3v) is 5.87. The maximum atomic E-state index is 12.9. The highest BCUT2D eigenvalue weighted by Crippen LogP contribution is 2.24. The summed E-state index contributed by atoms with van der Waals surface area (Å²) in [7, 11) is -3.61. The first-order valence-corrected chi connectivity index (χ1v) is 10.9. The Morgan fingerprint density at radius 3 is 2.26 bits per heavy atom. The molecule has 0 bridgehead atoms. The molecule has 0 heterocycles. The second kappa shape index (κ2) is 8.57. The summed E-state index contributed by atoms with van der Waals surface area (Å²) in [6, 6.07) is 13.8. The summed E-state index contributed by atoms with van der Waals surface area (Å²) >= 11 is 0. The third-order valence-electron chi connectivity index (χ3n) is 4.62. The van der Waals surface area contributed by atoms with Crippen LogP contribution in [0.5, 0.6) is 0 Å². The second-order valence-electron chi connectivity index (χ2n) is 6.90. The molecule has 27 heavy (non-hydrogen) atoms. The van der Waals surface area contributed by atoms with Crippen LogP contribution in [-0.4, -0.2) is 26.6 Å². The van der Waals surface area contributed by atoms with Gasteiger partial charge in [0.2, 0.25) is 15.9 Å². The Hall–Kier alpha value is -2.34. The Balaban J connectivity index is 2.28. The van der Waals surface area contributed by atoms with Gasteiger partial charge in [0.15, 0.2) is 0 Å². The van der Waals surface area contributed by atoms with E-state index in [1.165, 1.54) is 0 Å². The molecule has 0 unspecified atom stereocenters. The fraction of sp³-hybridized carbons (Fsp3) is 0.381. The van der Waals surface area contributed by atoms with Gasteiger partial charge in [-0.1, -0.05) is 48.9 Å². The predicted octanol–water partition coefficient (Wildman–Crippen LogP) is 3.73. The molecule has 5 nitrogen and oxygen atoms in total. The summed E-state index contributed by atoms with van der Waals surface area (Å²) in [4.78, 5) is 12.9. The van der Waals surface area contributed by atoms with Gasteiger partial charge in [0.25, 0.3) is 0 Å². The van der Waals surface area contributed by atoms with Crippen molar-refractivity contribution in [2.24, 2.45) is 0 Å². The number of carbonyl (C=O) groups is 1. The zero-order valence-corrected chi connectivity index (χ0v) is 17.4. The zero-order valence-electron chi connectivity index (χ0n) is 16.6. The summed E-state index contributed by atoms with van der Waals surface area (Å²) in [6.45, 7) is 7.66. The van der Waals surface area contributed by atoms with Crippen LogP contribution in [0.1, 0.15) is 43.0 Å². The van der Waals surface area contributed by atoms with Gasteiger partial charge in [-0.3, -0.25) is 9.10 Å². The highest BCUT2D eigenvalue weighted by Gasteiger charge is 2.30. The van der Waals surface area contributed by atoms with E-state index in [9.17, 15) is 13.2 Å². The minimum atomic E-state index is -3.61. The van der Waals surface area contributed by atoms with E-state index < -0.39 is 16.1 Å². The van der Waals surface area contributed by atoms with Crippen LogP contribution in [0, 0.1) is 13.8 Å². The predicted molar refractivity (Wildman–Crippen MR) is 110 cm³/mol. The number of hydrogen-bond acceptors (Lipinski definition) is 3. The Labute approximate surface area is 162 Å². The molecule has 0 aliphatic carbocycles. The van der Waals surface area contributed by atoms with Crippen molar-refractivity contribution in [2.45, 2.75) is 46.2 Å². The van der Waals surface area contributed by atoms with E-state index in [0.29, 0.717) is 12.1 Å². The molecule has 0 radical (unpaired) electrons. The van der Waals surface area contributed by atoms with E-state index >= 15 is 0 Å². The Morgan fingerprint density at radius 1 is 1.11 bits per heavy atom. The first-order chi connectivity index (χ1) is 12.6. The van der Waals surface area contributed by atoms with Crippen LogP contribution in [0.4, 0.5) is 5.69 Å². The number of para-hydroxylation sites is 1. The Morgan fingerprint density at radius 2 is 1.74 bits per heavy atom. The number of sulfonamides is 1. The summed E-state index contributed by atoms with van der Waals surface area (Å²) in [5, 5.41) is 3.02. The van der Waals surface area contributed by atoms with Crippen molar-refractivity contribution in [3.63, 3.8) is 0 Å². The fourth-order valence-electron chi connectivity index (χ4n) is 3.29. The second-order valence-corrected chi connectivity index (χ2v) is 8.76. The van der Waals surface area contributed by atoms with Gasteiger partial charge in [0.1, 0.15) is 6.04 Å². The molecule has 6 heteroatoms. The highest BCUT2D eigenvalue weighted by atomic mass is 32.2. The third kappa shape index (κ3) is 5.10. The van der Waals surface area contributed by atoms with Gasteiger partial charge in [0.05, 0.1) is 18.0 Å². The average Bonchev–Trinajstić information content (AvgIpc) is 2.59. The normalized spacial score (nSPS) is 13.7. The fourth-order valence-corrected chi connectivity index (χ4v) is 4.47. The van der Waals surface area contributed by atoms with Crippen molar-refractivity contribution in [2.75, 3.05) is 10.6 Å². The molecule has 0 fully saturated rings. The van der Waals surface area contributed by atoms with Crippen LogP contribution in [0.3, 0.4) is 0 Å². The van der Waals surface area contributed by atoms with Crippen molar-refractivity contribution < 1.29 is 13.2 Å². The van der Waals surface area contributed by atoms with E-state index in [4.69, 9.17) is 0 Å². The van der Waals surface area contributed by atoms with Crippen molar-refractivity contribution >= 4 is 21.6 Å². The van der Waals surface area contributed by atoms with Gasteiger partial charge >= 0.3 is 0 Å². The van der Waals surface area contributed by atoms with Gasteiger partial charge in [-0.25, -0.2) is 8.42 Å². The highest BCUT2D eigenvalue weighted by molar-refractivity contribution is 7.92. The number of amides is 1. The van der Waals surface area contributed by atoms with E-state index in [2.05, 4.69) is 11.4 Å². The number of anilines is 1. The lowest BCUT2D eigenvalue weighted by molar-refractivity contribution is -0.122. The minimum Gasteiger partial charge on any atom is -0.347 e. The maximum Gasteiger partial charge on any atom is 0.244 e. The average molecular weight is 389 g/mol. The number of benzene rings is 2. The van der Waals surface area contributed by atoms with E-state index in [1.54, 1.807) is 31.2 Å². The molecule has 0 spiro atoms. The topological polar surface area (TPSA) is 66.5 Å². The Kier molecular flexibility index (Phi) is 6.65. The zero-order chi connectivity index (χ0) is 20.2. The van der Waals surface area contributed by atoms with Crippen LogP contribution in [0.2, 0.25) is 0 Å². The molecule has 146 valence electrons. The van der Waals surface area contributed by atoms with E-state index in [1.807, 2.05) is 39.0 Å². The molecule has 2 rings (SSSR count). The lowest BCUT2D eigenvalue weighted by Crippen LogP contribution is -2.48. The lowest BCUT2D eigenvalue weighted by atomic mass is 9.97. The van der Waals surface area contributed by atoms with Gasteiger partial charge in [-0.15, -0.1) is 0 Å². The molecule has 1 N–H and O–H groups in total. The summed E-state index contributed by atoms with van der Waals surface area (Å²) in [6.07, 6.45) is 1.83. The van der Waals surface area contributed by atoms with Crippen LogP contribution in [0.25, 0.3) is 0 Å². The number of aryl methyl sites for hydroxylation is 2.